The van der Waals surface area contributed by atoms with E-state index in [1.807, 2.05) is 26.0 Å². The van der Waals surface area contributed by atoms with Crippen molar-refractivity contribution in [2.75, 3.05) is 13.2 Å². The van der Waals surface area contributed by atoms with Crippen molar-refractivity contribution >= 4 is 21.8 Å². The Bertz CT molecular complexity index is 455. The van der Waals surface area contributed by atoms with Crippen molar-refractivity contribution in [2.24, 2.45) is 5.92 Å². The molecule has 0 heterocycles. The molecule has 0 atom stereocenters. The fourth-order valence-electron chi connectivity index (χ4n) is 1.90. The highest BCUT2D eigenvalue weighted by Gasteiger charge is 2.23. The Labute approximate surface area is 116 Å². The van der Waals surface area contributed by atoms with E-state index in [9.17, 15) is 4.79 Å². The lowest BCUT2D eigenvalue weighted by molar-refractivity contribution is 0.0950. The SMILES string of the molecule is CCOc1ccc(Br)c(C(=O)NCC2CC2)c1C. The topological polar surface area (TPSA) is 38.3 Å². The summed E-state index contributed by atoms with van der Waals surface area (Å²) in [6.45, 7) is 5.24. The number of nitrogens with one attached hydrogen (secondary N) is 1. The van der Waals surface area contributed by atoms with E-state index in [4.69, 9.17) is 4.74 Å². The van der Waals surface area contributed by atoms with Crippen LogP contribution < -0.4 is 10.1 Å². The zero-order valence-electron chi connectivity index (χ0n) is 10.8. The van der Waals surface area contributed by atoms with Crippen LogP contribution in [0.2, 0.25) is 0 Å². The monoisotopic (exact) mass is 311 g/mol. The average Bonchev–Trinajstić information content (AvgIpc) is 3.14. The number of ether oxygens (including phenoxy) is 1. The summed E-state index contributed by atoms with van der Waals surface area (Å²) >= 11 is 3.44. The molecule has 0 spiro atoms. The number of halogens is 1. The van der Waals surface area contributed by atoms with E-state index in [0.29, 0.717) is 18.1 Å². The lowest BCUT2D eigenvalue weighted by Crippen LogP contribution is -2.26. The van der Waals surface area contributed by atoms with Crippen LogP contribution in [0.5, 0.6) is 5.75 Å². The molecule has 18 heavy (non-hydrogen) atoms. The van der Waals surface area contributed by atoms with E-state index in [0.717, 1.165) is 22.3 Å². The molecule has 4 heteroatoms. The molecular weight excluding hydrogens is 294 g/mol. The van der Waals surface area contributed by atoms with Gasteiger partial charge in [-0.3, -0.25) is 4.79 Å². The molecule has 2 rings (SSSR count). The first-order valence-corrected chi connectivity index (χ1v) is 7.12. The van der Waals surface area contributed by atoms with E-state index in [2.05, 4.69) is 21.2 Å². The van der Waals surface area contributed by atoms with Crippen molar-refractivity contribution in [1.82, 2.24) is 5.32 Å². The number of carbonyl (C=O) groups is 1. The minimum absolute atomic E-state index is 0.0205. The number of hydrogen-bond acceptors (Lipinski definition) is 2. The Balaban J connectivity index is 2.17. The van der Waals surface area contributed by atoms with Crippen molar-refractivity contribution in [3.8, 4) is 5.75 Å². The molecule has 1 N–H and O–H groups in total. The van der Waals surface area contributed by atoms with Gasteiger partial charge >= 0.3 is 0 Å². The number of amides is 1. The maximum Gasteiger partial charge on any atom is 0.252 e. The number of benzene rings is 1. The molecule has 1 fully saturated rings. The summed E-state index contributed by atoms with van der Waals surface area (Å²) in [5.41, 5.74) is 1.57. The maximum absolute atomic E-state index is 12.2. The van der Waals surface area contributed by atoms with Gasteiger partial charge in [-0.1, -0.05) is 0 Å². The first kappa shape index (κ1) is 13.4. The molecule has 0 aromatic heterocycles. The van der Waals surface area contributed by atoms with Crippen LogP contribution in [0.1, 0.15) is 35.7 Å². The van der Waals surface area contributed by atoms with E-state index in [-0.39, 0.29) is 5.91 Å². The zero-order chi connectivity index (χ0) is 13.1. The fraction of sp³-hybridized carbons (Fsp3) is 0.500. The van der Waals surface area contributed by atoms with Gasteiger partial charge in [0.2, 0.25) is 0 Å². The quantitative estimate of drug-likeness (QED) is 0.906. The Kier molecular flexibility index (Phi) is 4.27. The van der Waals surface area contributed by atoms with Crippen molar-refractivity contribution in [3.63, 3.8) is 0 Å². The molecule has 1 aromatic rings. The van der Waals surface area contributed by atoms with Crippen LogP contribution in [0.15, 0.2) is 16.6 Å². The third-order valence-electron chi connectivity index (χ3n) is 3.14. The molecule has 98 valence electrons. The van der Waals surface area contributed by atoms with Crippen molar-refractivity contribution in [3.05, 3.63) is 27.7 Å². The molecule has 1 aromatic carbocycles. The zero-order valence-corrected chi connectivity index (χ0v) is 12.3. The summed E-state index contributed by atoms with van der Waals surface area (Å²) in [6, 6.07) is 3.75. The van der Waals surface area contributed by atoms with Crippen LogP contribution >= 0.6 is 15.9 Å². The molecule has 0 unspecified atom stereocenters. The van der Waals surface area contributed by atoms with E-state index < -0.39 is 0 Å². The third-order valence-corrected chi connectivity index (χ3v) is 3.80. The minimum Gasteiger partial charge on any atom is -0.494 e. The fourth-order valence-corrected chi connectivity index (χ4v) is 2.51. The van der Waals surface area contributed by atoms with Gasteiger partial charge in [0.15, 0.2) is 0 Å². The lowest BCUT2D eigenvalue weighted by Gasteiger charge is -2.13. The Hall–Kier alpha value is -1.03. The van der Waals surface area contributed by atoms with Crippen molar-refractivity contribution < 1.29 is 9.53 Å². The summed E-state index contributed by atoms with van der Waals surface area (Å²) in [7, 11) is 0. The van der Waals surface area contributed by atoms with Crippen molar-refractivity contribution in [2.45, 2.75) is 26.7 Å². The second-order valence-electron chi connectivity index (χ2n) is 4.63. The molecule has 0 saturated heterocycles. The van der Waals surface area contributed by atoms with Gasteiger partial charge in [0.1, 0.15) is 5.75 Å². The summed E-state index contributed by atoms with van der Waals surface area (Å²) in [4.78, 5) is 12.2. The first-order chi connectivity index (χ1) is 8.63. The molecule has 0 radical (unpaired) electrons. The van der Waals surface area contributed by atoms with Gasteiger partial charge in [-0.25, -0.2) is 0 Å². The molecule has 1 aliphatic carbocycles. The first-order valence-electron chi connectivity index (χ1n) is 6.33. The standard InChI is InChI=1S/C14H18BrNO2/c1-3-18-12-7-6-11(15)13(9(12)2)14(17)16-8-10-4-5-10/h6-7,10H,3-5,8H2,1-2H3,(H,16,17). The van der Waals surface area contributed by atoms with Gasteiger partial charge in [0.05, 0.1) is 12.2 Å². The smallest absolute Gasteiger partial charge is 0.252 e. The molecule has 1 saturated carbocycles. The predicted molar refractivity (Wildman–Crippen MR) is 75.1 cm³/mol. The highest BCUT2D eigenvalue weighted by molar-refractivity contribution is 9.10. The van der Waals surface area contributed by atoms with E-state index >= 15 is 0 Å². The van der Waals surface area contributed by atoms with Crippen molar-refractivity contribution in [1.29, 1.82) is 0 Å². The Morgan fingerprint density at radius 3 is 2.83 bits per heavy atom. The van der Waals surface area contributed by atoms with Gasteiger partial charge in [0, 0.05) is 16.6 Å². The average molecular weight is 312 g/mol. The second kappa shape index (κ2) is 5.74. The summed E-state index contributed by atoms with van der Waals surface area (Å²) in [5, 5.41) is 2.99. The molecule has 0 aliphatic heterocycles. The number of carbonyl (C=O) groups excluding carboxylic acids is 1. The highest BCUT2D eigenvalue weighted by Crippen LogP contribution is 2.30. The molecular formula is C14H18BrNO2. The van der Waals surface area contributed by atoms with Gasteiger partial charge < -0.3 is 10.1 Å². The van der Waals surface area contributed by atoms with E-state index in [1.165, 1.54) is 12.8 Å². The highest BCUT2D eigenvalue weighted by atomic mass is 79.9. The summed E-state index contributed by atoms with van der Waals surface area (Å²) < 4.78 is 6.34. The largest absolute Gasteiger partial charge is 0.494 e. The van der Waals surface area contributed by atoms with Crippen LogP contribution in [0.4, 0.5) is 0 Å². The Morgan fingerprint density at radius 2 is 2.22 bits per heavy atom. The molecule has 1 aliphatic rings. The van der Waals surface area contributed by atoms with Crippen LogP contribution in [0, 0.1) is 12.8 Å². The van der Waals surface area contributed by atoms with Crippen LogP contribution in [-0.4, -0.2) is 19.1 Å². The molecule has 3 nitrogen and oxygen atoms in total. The minimum atomic E-state index is -0.0205. The predicted octanol–water partition coefficient (Wildman–Crippen LogP) is 3.30. The third kappa shape index (κ3) is 3.05. The Morgan fingerprint density at radius 1 is 1.50 bits per heavy atom. The summed E-state index contributed by atoms with van der Waals surface area (Å²) in [5.74, 6) is 1.44. The summed E-state index contributed by atoms with van der Waals surface area (Å²) in [6.07, 6.45) is 2.47. The van der Waals surface area contributed by atoms with Crippen LogP contribution in [0.25, 0.3) is 0 Å². The van der Waals surface area contributed by atoms with Crippen LogP contribution in [0.3, 0.4) is 0 Å². The maximum atomic E-state index is 12.2. The van der Waals surface area contributed by atoms with Crippen LogP contribution in [-0.2, 0) is 0 Å². The second-order valence-corrected chi connectivity index (χ2v) is 5.49. The normalized spacial score (nSPS) is 14.4. The molecule has 1 amide bonds. The molecule has 0 bridgehead atoms. The van der Waals surface area contributed by atoms with Gasteiger partial charge in [-0.15, -0.1) is 0 Å². The van der Waals surface area contributed by atoms with Gasteiger partial charge in [0.25, 0.3) is 5.91 Å². The number of hydrogen-bond donors (Lipinski definition) is 1. The van der Waals surface area contributed by atoms with Gasteiger partial charge in [-0.05, 0) is 60.7 Å². The lowest BCUT2D eigenvalue weighted by atomic mass is 10.1. The van der Waals surface area contributed by atoms with Gasteiger partial charge in [-0.2, -0.15) is 0 Å². The van der Waals surface area contributed by atoms with E-state index in [1.54, 1.807) is 0 Å². The number of rotatable bonds is 5.